The molecule has 1 aromatic heterocycles. The van der Waals surface area contributed by atoms with Crippen LogP contribution in [0, 0.1) is 5.92 Å². The maximum absolute atomic E-state index is 12.8. The topological polar surface area (TPSA) is 71.5 Å². The fourth-order valence-corrected chi connectivity index (χ4v) is 4.05. The molecule has 2 heterocycles. The number of amides is 2. The number of nitrogens with one attached hydrogen (secondary N) is 1. The number of hydrogen-bond acceptors (Lipinski definition) is 5. The third-order valence-electron chi connectivity index (χ3n) is 4.15. The van der Waals surface area contributed by atoms with E-state index in [2.05, 4.69) is 24.1 Å². The first-order valence-electron chi connectivity index (χ1n) is 8.80. The van der Waals surface area contributed by atoms with Crippen molar-refractivity contribution in [2.45, 2.75) is 59.4 Å². The smallest absolute Gasteiger partial charge is 0.413 e. The van der Waals surface area contributed by atoms with Crippen molar-refractivity contribution < 1.29 is 14.3 Å². The highest BCUT2D eigenvalue weighted by Crippen LogP contribution is 2.30. The van der Waals surface area contributed by atoms with Gasteiger partial charge in [-0.3, -0.25) is 10.1 Å². The van der Waals surface area contributed by atoms with Gasteiger partial charge in [0.25, 0.3) is 0 Å². The number of ether oxygens (including phenoxy) is 1. The molecule has 1 aromatic rings. The Bertz CT molecular complexity index is 567. The molecule has 0 saturated heterocycles. The molecule has 0 aromatic carbocycles. The number of fused-ring (bicyclic) bond motifs is 1. The first-order valence-corrected chi connectivity index (χ1v) is 9.61. The van der Waals surface area contributed by atoms with E-state index in [1.165, 1.54) is 11.3 Å². The lowest BCUT2D eigenvalue weighted by atomic mass is 9.96. The second kappa shape index (κ2) is 9.01. The maximum atomic E-state index is 12.8. The molecule has 1 aliphatic rings. The minimum Gasteiger partial charge on any atom is -0.450 e. The lowest BCUT2D eigenvalue weighted by Gasteiger charge is -2.29. The van der Waals surface area contributed by atoms with Gasteiger partial charge >= 0.3 is 6.09 Å². The molecule has 1 N–H and O–H groups in total. The maximum Gasteiger partial charge on any atom is 0.413 e. The van der Waals surface area contributed by atoms with E-state index in [4.69, 9.17) is 4.74 Å². The van der Waals surface area contributed by atoms with Crippen LogP contribution in [-0.4, -0.2) is 35.0 Å². The second-order valence-electron chi connectivity index (χ2n) is 6.02. The Labute approximate surface area is 147 Å². The Hall–Kier alpha value is -1.63. The monoisotopic (exact) mass is 353 g/mol. The Morgan fingerprint density at radius 1 is 1.29 bits per heavy atom. The summed E-state index contributed by atoms with van der Waals surface area (Å²) < 4.78 is 4.87. The SMILES string of the molecule is CCCC(CCC)C(=O)N1CCc2nc(NC(=O)OCC)sc2C1. The summed E-state index contributed by atoms with van der Waals surface area (Å²) in [6.07, 6.45) is 4.23. The van der Waals surface area contributed by atoms with Crippen molar-refractivity contribution in [3.05, 3.63) is 10.6 Å². The summed E-state index contributed by atoms with van der Waals surface area (Å²) in [6.45, 7) is 7.65. The van der Waals surface area contributed by atoms with Gasteiger partial charge in [0.05, 0.1) is 18.8 Å². The van der Waals surface area contributed by atoms with Crippen molar-refractivity contribution in [3.63, 3.8) is 0 Å². The number of hydrogen-bond donors (Lipinski definition) is 1. The quantitative estimate of drug-likeness (QED) is 0.809. The van der Waals surface area contributed by atoms with Crippen molar-refractivity contribution in [1.82, 2.24) is 9.88 Å². The molecule has 7 heteroatoms. The number of carbonyl (C=O) groups excluding carboxylic acids is 2. The van der Waals surface area contributed by atoms with Crippen molar-refractivity contribution in [1.29, 1.82) is 0 Å². The van der Waals surface area contributed by atoms with E-state index in [9.17, 15) is 9.59 Å². The standard InChI is InChI=1S/C17H27N3O3S/c1-4-7-12(8-5-2)15(21)20-10-9-13-14(11-20)24-16(18-13)19-17(22)23-6-3/h12H,4-11H2,1-3H3,(H,18,19,22). The summed E-state index contributed by atoms with van der Waals surface area (Å²) in [7, 11) is 0. The summed E-state index contributed by atoms with van der Waals surface area (Å²) in [5, 5.41) is 3.20. The van der Waals surface area contributed by atoms with E-state index in [0.29, 0.717) is 24.8 Å². The van der Waals surface area contributed by atoms with Crippen LogP contribution in [0.25, 0.3) is 0 Å². The molecule has 134 valence electrons. The Morgan fingerprint density at radius 3 is 2.62 bits per heavy atom. The highest BCUT2D eigenvalue weighted by Gasteiger charge is 2.28. The van der Waals surface area contributed by atoms with E-state index in [1.54, 1.807) is 6.92 Å². The van der Waals surface area contributed by atoms with E-state index >= 15 is 0 Å². The second-order valence-corrected chi connectivity index (χ2v) is 7.10. The zero-order valence-corrected chi connectivity index (χ0v) is 15.6. The van der Waals surface area contributed by atoms with Gasteiger partial charge in [0.15, 0.2) is 5.13 Å². The number of nitrogens with zero attached hydrogens (tertiary/aromatic N) is 2. The number of rotatable bonds is 7. The number of carbonyl (C=O) groups is 2. The molecule has 6 nitrogen and oxygen atoms in total. The van der Waals surface area contributed by atoms with Gasteiger partial charge in [0, 0.05) is 23.8 Å². The Kier molecular flexibility index (Phi) is 7.02. The minimum atomic E-state index is -0.484. The minimum absolute atomic E-state index is 0.131. The third-order valence-corrected chi connectivity index (χ3v) is 5.15. The lowest BCUT2D eigenvalue weighted by molar-refractivity contribution is -0.137. The largest absolute Gasteiger partial charge is 0.450 e. The van der Waals surface area contributed by atoms with Crippen LogP contribution in [0.3, 0.4) is 0 Å². The van der Waals surface area contributed by atoms with Gasteiger partial charge in [-0.05, 0) is 19.8 Å². The highest BCUT2D eigenvalue weighted by molar-refractivity contribution is 7.15. The molecular formula is C17H27N3O3S. The van der Waals surface area contributed by atoms with E-state index in [0.717, 1.165) is 42.7 Å². The molecule has 2 amide bonds. The third kappa shape index (κ3) is 4.69. The van der Waals surface area contributed by atoms with Crippen LogP contribution in [0.2, 0.25) is 0 Å². The van der Waals surface area contributed by atoms with Crippen molar-refractivity contribution >= 4 is 28.5 Å². The molecule has 0 saturated carbocycles. The zero-order chi connectivity index (χ0) is 17.5. The van der Waals surface area contributed by atoms with Gasteiger partial charge in [-0.25, -0.2) is 9.78 Å². The van der Waals surface area contributed by atoms with Crippen molar-refractivity contribution in [2.24, 2.45) is 5.92 Å². The molecule has 0 radical (unpaired) electrons. The van der Waals surface area contributed by atoms with Crippen LogP contribution in [-0.2, 0) is 22.5 Å². The van der Waals surface area contributed by atoms with Gasteiger partial charge in [0.1, 0.15) is 0 Å². The van der Waals surface area contributed by atoms with Gasteiger partial charge in [-0.1, -0.05) is 38.0 Å². The summed E-state index contributed by atoms with van der Waals surface area (Å²) in [6, 6.07) is 0. The first kappa shape index (κ1) is 18.7. The number of anilines is 1. The number of thiazole rings is 1. The van der Waals surface area contributed by atoms with Crippen LogP contribution >= 0.6 is 11.3 Å². The predicted molar refractivity (Wildman–Crippen MR) is 95.2 cm³/mol. The van der Waals surface area contributed by atoms with Gasteiger partial charge in [0.2, 0.25) is 5.91 Å². The van der Waals surface area contributed by atoms with Crippen molar-refractivity contribution in [2.75, 3.05) is 18.5 Å². The summed E-state index contributed by atoms with van der Waals surface area (Å²) >= 11 is 1.43. The molecule has 1 aliphatic heterocycles. The van der Waals surface area contributed by atoms with E-state index < -0.39 is 6.09 Å². The summed E-state index contributed by atoms with van der Waals surface area (Å²) in [4.78, 5) is 31.7. The molecule has 0 bridgehead atoms. The lowest BCUT2D eigenvalue weighted by Crippen LogP contribution is -2.39. The molecule has 0 unspecified atom stereocenters. The van der Waals surface area contributed by atoms with Crippen LogP contribution in [0.5, 0.6) is 0 Å². The molecule has 0 aliphatic carbocycles. The van der Waals surface area contributed by atoms with Gasteiger partial charge < -0.3 is 9.64 Å². The summed E-state index contributed by atoms with van der Waals surface area (Å²) in [5.41, 5.74) is 0.985. The predicted octanol–water partition coefficient (Wildman–Crippen LogP) is 3.81. The first-order chi connectivity index (χ1) is 11.6. The average molecular weight is 353 g/mol. The van der Waals surface area contributed by atoms with Gasteiger partial charge in [-0.2, -0.15) is 0 Å². The fourth-order valence-electron chi connectivity index (χ4n) is 3.04. The van der Waals surface area contributed by atoms with Crippen LogP contribution in [0.15, 0.2) is 0 Å². The van der Waals surface area contributed by atoms with Crippen LogP contribution in [0.1, 0.15) is 57.0 Å². The highest BCUT2D eigenvalue weighted by atomic mass is 32.1. The van der Waals surface area contributed by atoms with Crippen LogP contribution < -0.4 is 5.32 Å². The molecule has 0 fully saturated rings. The van der Waals surface area contributed by atoms with Crippen LogP contribution in [0.4, 0.5) is 9.93 Å². The molecule has 0 spiro atoms. The molecule has 2 rings (SSSR count). The van der Waals surface area contributed by atoms with Crippen molar-refractivity contribution in [3.8, 4) is 0 Å². The fraction of sp³-hybridized carbons (Fsp3) is 0.706. The molecule has 24 heavy (non-hydrogen) atoms. The normalized spacial score (nSPS) is 13.8. The number of aromatic nitrogens is 1. The Balaban J connectivity index is 2.01. The Morgan fingerprint density at radius 2 is 2.00 bits per heavy atom. The van der Waals surface area contributed by atoms with E-state index in [1.807, 2.05) is 4.90 Å². The molecular weight excluding hydrogens is 326 g/mol. The molecule has 0 atom stereocenters. The van der Waals surface area contributed by atoms with E-state index in [-0.39, 0.29) is 11.8 Å². The zero-order valence-electron chi connectivity index (χ0n) is 14.8. The average Bonchev–Trinajstić information content (AvgIpc) is 2.95. The van der Waals surface area contributed by atoms with Gasteiger partial charge in [-0.15, -0.1) is 0 Å². The summed E-state index contributed by atoms with van der Waals surface area (Å²) in [5.74, 6) is 0.393.